The summed E-state index contributed by atoms with van der Waals surface area (Å²) in [7, 11) is 0. The Labute approximate surface area is 82.5 Å². The fourth-order valence-corrected chi connectivity index (χ4v) is 2.49. The zero-order chi connectivity index (χ0) is 9.84. The van der Waals surface area contributed by atoms with Crippen LogP contribution in [0.5, 0.6) is 0 Å². The first-order valence-electron chi connectivity index (χ1n) is 5.62. The van der Waals surface area contributed by atoms with E-state index in [9.17, 15) is 0 Å². The Morgan fingerprint density at radius 2 is 2.08 bits per heavy atom. The van der Waals surface area contributed by atoms with E-state index in [2.05, 4.69) is 25.7 Å². The summed E-state index contributed by atoms with van der Waals surface area (Å²) in [5, 5.41) is 0. The molecule has 0 aromatic heterocycles. The molecule has 0 amide bonds. The van der Waals surface area contributed by atoms with Crippen LogP contribution < -0.4 is 5.73 Å². The molecular formula is C11H24N2. The highest BCUT2D eigenvalue weighted by Gasteiger charge is 2.29. The molecule has 0 spiro atoms. The average molecular weight is 184 g/mol. The number of likely N-dealkylation sites (tertiary alicyclic amines) is 1. The summed E-state index contributed by atoms with van der Waals surface area (Å²) >= 11 is 0. The molecule has 0 bridgehead atoms. The second-order valence-corrected chi connectivity index (χ2v) is 4.62. The quantitative estimate of drug-likeness (QED) is 0.722. The van der Waals surface area contributed by atoms with Crippen molar-refractivity contribution in [3.63, 3.8) is 0 Å². The molecule has 1 saturated heterocycles. The van der Waals surface area contributed by atoms with Gasteiger partial charge in [-0.05, 0) is 45.2 Å². The van der Waals surface area contributed by atoms with E-state index >= 15 is 0 Å². The number of nitrogens with two attached hydrogens (primary N) is 1. The van der Waals surface area contributed by atoms with Gasteiger partial charge in [-0.25, -0.2) is 0 Å². The lowest BCUT2D eigenvalue weighted by molar-refractivity contribution is 0.150. The minimum absolute atomic E-state index is 0.680. The zero-order valence-corrected chi connectivity index (χ0v) is 9.29. The van der Waals surface area contributed by atoms with Crippen LogP contribution in [0.1, 0.15) is 40.0 Å². The molecule has 1 heterocycles. The van der Waals surface area contributed by atoms with Crippen LogP contribution in [0.15, 0.2) is 0 Å². The van der Waals surface area contributed by atoms with Crippen LogP contribution in [-0.4, -0.2) is 30.1 Å². The van der Waals surface area contributed by atoms with Crippen LogP contribution in [0.25, 0.3) is 0 Å². The molecule has 0 aromatic carbocycles. The number of rotatable bonds is 4. The van der Waals surface area contributed by atoms with Crippen molar-refractivity contribution in [3.8, 4) is 0 Å². The third-order valence-electron chi connectivity index (χ3n) is 3.26. The van der Waals surface area contributed by atoms with Crippen LogP contribution >= 0.6 is 0 Å². The van der Waals surface area contributed by atoms with Gasteiger partial charge in [0.05, 0.1) is 0 Å². The monoisotopic (exact) mass is 184 g/mol. The van der Waals surface area contributed by atoms with Crippen molar-refractivity contribution in [2.45, 2.75) is 52.1 Å². The Morgan fingerprint density at radius 1 is 1.38 bits per heavy atom. The Hall–Kier alpha value is -0.0800. The molecule has 2 nitrogen and oxygen atoms in total. The first-order chi connectivity index (χ1) is 6.16. The highest BCUT2D eigenvalue weighted by Crippen LogP contribution is 2.26. The van der Waals surface area contributed by atoms with Gasteiger partial charge in [0.2, 0.25) is 0 Å². The third-order valence-corrected chi connectivity index (χ3v) is 3.26. The maximum atomic E-state index is 5.59. The van der Waals surface area contributed by atoms with Gasteiger partial charge in [0, 0.05) is 12.1 Å². The first-order valence-corrected chi connectivity index (χ1v) is 5.62. The van der Waals surface area contributed by atoms with Crippen LogP contribution in [0.2, 0.25) is 0 Å². The molecule has 1 aliphatic heterocycles. The van der Waals surface area contributed by atoms with Crippen LogP contribution in [0, 0.1) is 5.92 Å². The van der Waals surface area contributed by atoms with E-state index in [0.29, 0.717) is 6.04 Å². The molecule has 0 radical (unpaired) electrons. The van der Waals surface area contributed by atoms with Crippen molar-refractivity contribution in [3.05, 3.63) is 0 Å². The highest BCUT2D eigenvalue weighted by molar-refractivity contribution is 4.84. The highest BCUT2D eigenvalue weighted by atomic mass is 15.2. The van der Waals surface area contributed by atoms with Gasteiger partial charge in [-0.15, -0.1) is 0 Å². The molecule has 0 aromatic rings. The van der Waals surface area contributed by atoms with Gasteiger partial charge in [0.15, 0.2) is 0 Å². The minimum atomic E-state index is 0.680. The average Bonchev–Trinajstić information content (AvgIpc) is 2.52. The molecule has 1 fully saturated rings. The molecule has 2 atom stereocenters. The maximum Gasteiger partial charge on any atom is 0.0121 e. The van der Waals surface area contributed by atoms with E-state index in [1.165, 1.54) is 19.4 Å². The van der Waals surface area contributed by atoms with Gasteiger partial charge >= 0.3 is 0 Å². The summed E-state index contributed by atoms with van der Waals surface area (Å²) in [4.78, 5) is 2.65. The lowest BCUT2D eigenvalue weighted by Crippen LogP contribution is -2.40. The standard InChI is InChI=1S/C11H24N2/c1-9(2)11-5-4-8-13(11)10(3)6-7-12/h9-11H,4-8,12H2,1-3H3. The topological polar surface area (TPSA) is 29.3 Å². The minimum Gasteiger partial charge on any atom is -0.330 e. The summed E-state index contributed by atoms with van der Waals surface area (Å²) in [6.07, 6.45) is 3.90. The van der Waals surface area contributed by atoms with Gasteiger partial charge < -0.3 is 5.73 Å². The lowest BCUT2D eigenvalue weighted by atomic mass is 10.0. The summed E-state index contributed by atoms with van der Waals surface area (Å²) < 4.78 is 0. The van der Waals surface area contributed by atoms with Gasteiger partial charge in [0.1, 0.15) is 0 Å². The summed E-state index contributed by atoms with van der Waals surface area (Å²) in [6, 6.07) is 1.49. The molecule has 0 aliphatic carbocycles. The van der Waals surface area contributed by atoms with Crippen LogP contribution in [0.3, 0.4) is 0 Å². The van der Waals surface area contributed by atoms with E-state index in [1.54, 1.807) is 0 Å². The van der Waals surface area contributed by atoms with Gasteiger partial charge in [-0.1, -0.05) is 13.8 Å². The molecule has 2 unspecified atom stereocenters. The van der Waals surface area contributed by atoms with Gasteiger partial charge in [0.25, 0.3) is 0 Å². The molecule has 0 saturated carbocycles. The van der Waals surface area contributed by atoms with E-state index < -0.39 is 0 Å². The maximum absolute atomic E-state index is 5.59. The smallest absolute Gasteiger partial charge is 0.0121 e. The fourth-order valence-electron chi connectivity index (χ4n) is 2.49. The Kier molecular flexibility index (Phi) is 4.20. The molecule has 1 rings (SSSR count). The first kappa shape index (κ1) is 11.0. The predicted molar refractivity (Wildman–Crippen MR) is 57.7 cm³/mol. The van der Waals surface area contributed by atoms with Crippen molar-refractivity contribution < 1.29 is 0 Å². The summed E-state index contributed by atoms with van der Waals surface area (Å²) in [6.45, 7) is 9.08. The number of hydrogen-bond donors (Lipinski definition) is 1. The Balaban J connectivity index is 2.47. The third kappa shape index (κ3) is 2.68. The second-order valence-electron chi connectivity index (χ2n) is 4.62. The Morgan fingerprint density at radius 3 is 2.62 bits per heavy atom. The number of nitrogens with zero attached hydrogens (tertiary/aromatic N) is 1. The number of hydrogen-bond acceptors (Lipinski definition) is 2. The van der Waals surface area contributed by atoms with E-state index in [0.717, 1.165) is 24.9 Å². The molecule has 13 heavy (non-hydrogen) atoms. The molecule has 2 heteroatoms. The molecule has 1 aliphatic rings. The van der Waals surface area contributed by atoms with Crippen molar-refractivity contribution in [1.82, 2.24) is 4.90 Å². The normalized spacial score (nSPS) is 27.0. The molecule has 2 N–H and O–H groups in total. The Bertz CT molecular complexity index is 145. The van der Waals surface area contributed by atoms with Crippen molar-refractivity contribution in [2.24, 2.45) is 11.7 Å². The second kappa shape index (κ2) is 4.97. The summed E-state index contributed by atoms with van der Waals surface area (Å²) in [5.74, 6) is 0.794. The van der Waals surface area contributed by atoms with E-state index in [4.69, 9.17) is 5.73 Å². The van der Waals surface area contributed by atoms with Crippen LogP contribution in [-0.2, 0) is 0 Å². The van der Waals surface area contributed by atoms with Crippen molar-refractivity contribution in [1.29, 1.82) is 0 Å². The lowest BCUT2D eigenvalue weighted by Gasteiger charge is -2.32. The van der Waals surface area contributed by atoms with E-state index in [1.807, 2.05) is 0 Å². The molecular weight excluding hydrogens is 160 g/mol. The van der Waals surface area contributed by atoms with Crippen molar-refractivity contribution >= 4 is 0 Å². The fraction of sp³-hybridized carbons (Fsp3) is 1.00. The summed E-state index contributed by atoms with van der Waals surface area (Å²) in [5.41, 5.74) is 5.59. The predicted octanol–water partition coefficient (Wildman–Crippen LogP) is 1.84. The van der Waals surface area contributed by atoms with E-state index in [-0.39, 0.29) is 0 Å². The van der Waals surface area contributed by atoms with Crippen LogP contribution in [0.4, 0.5) is 0 Å². The van der Waals surface area contributed by atoms with Gasteiger partial charge in [-0.2, -0.15) is 0 Å². The van der Waals surface area contributed by atoms with Gasteiger partial charge in [-0.3, -0.25) is 4.90 Å². The SMILES string of the molecule is CC(C)C1CCCN1C(C)CCN. The largest absolute Gasteiger partial charge is 0.330 e. The van der Waals surface area contributed by atoms with Crippen molar-refractivity contribution in [2.75, 3.05) is 13.1 Å². The zero-order valence-electron chi connectivity index (χ0n) is 9.29. The molecule has 78 valence electrons.